The highest BCUT2D eigenvalue weighted by Crippen LogP contribution is 1.85. The zero-order chi connectivity index (χ0) is 7.66. The van der Waals surface area contributed by atoms with Crippen molar-refractivity contribution in [3.63, 3.8) is 0 Å². The van der Waals surface area contributed by atoms with E-state index in [4.69, 9.17) is 10.1 Å². The minimum Gasteiger partial charge on any atom is -0.348 e. The van der Waals surface area contributed by atoms with Crippen molar-refractivity contribution in [3.05, 3.63) is 0 Å². The second kappa shape index (κ2) is 8.72. The topological polar surface area (TPSA) is 47.2 Å². The van der Waals surface area contributed by atoms with Crippen molar-refractivity contribution in [2.75, 3.05) is 6.61 Å². The average molecular weight is 253 g/mol. The number of nitrogens with zero attached hydrogens (tertiary/aromatic N) is 1. The summed E-state index contributed by atoms with van der Waals surface area (Å²) in [4.78, 5) is 0. The summed E-state index contributed by atoms with van der Waals surface area (Å²) in [5, 5.41) is 6.43. The number of ether oxygens (including phenoxy) is 1. The zero-order valence-corrected chi connectivity index (χ0v) is 7.96. The van der Waals surface area contributed by atoms with E-state index in [0.29, 0.717) is 0 Å². The molecular formula is C6H10IN2O+. The molecule has 3 nitrogen and oxygen atoms in total. The molecule has 0 aromatic carbocycles. The van der Waals surface area contributed by atoms with Crippen molar-refractivity contribution < 1.29 is 4.74 Å². The molecule has 56 valence electrons. The number of nitrogens with one attached hydrogen (secondary N) is 1. The van der Waals surface area contributed by atoms with Crippen LogP contribution in [0.15, 0.2) is 0 Å². The maximum absolute atomic E-state index is 6.43. The van der Waals surface area contributed by atoms with E-state index < -0.39 is 0 Å². The minimum atomic E-state index is -0.215. The van der Waals surface area contributed by atoms with Crippen LogP contribution in [-0.4, -0.2) is 21.0 Å². The maximum atomic E-state index is 6.43. The van der Waals surface area contributed by atoms with Crippen LogP contribution in [0.4, 0.5) is 0 Å². The monoisotopic (exact) mass is 253 g/mol. The molecule has 0 aliphatic carbocycles. The summed E-state index contributed by atoms with van der Waals surface area (Å²) in [7, 11) is 0. The van der Waals surface area contributed by atoms with Crippen LogP contribution >= 0.6 is 20.7 Å². The smallest absolute Gasteiger partial charge is 0.348 e. The van der Waals surface area contributed by atoms with Crippen LogP contribution in [0.3, 0.4) is 0 Å². The quantitative estimate of drug-likeness (QED) is 0.345. The Kier molecular flexibility index (Phi) is 8.48. The van der Waals surface area contributed by atoms with E-state index in [1.165, 1.54) is 0 Å². The summed E-state index contributed by atoms with van der Waals surface area (Å²) in [5.74, 6) is 0. The summed E-state index contributed by atoms with van der Waals surface area (Å²) in [5.41, 5.74) is 0. The van der Waals surface area contributed by atoms with Gasteiger partial charge in [-0.3, -0.25) is 0 Å². The molecule has 0 aromatic heterocycles. The molecule has 10 heavy (non-hydrogen) atoms. The molecule has 0 rings (SSSR count). The predicted octanol–water partition coefficient (Wildman–Crippen LogP) is 0.992. The fourth-order valence-electron chi connectivity index (χ4n) is 0.274. The summed E-state index contributed by atoms with van der Waals surface area (Å²) in [6, 6.07) is 1.93. The SMILES string of the molecule is CCCOC=IC=[N+]=C=N. The lowest BCUT2D eigenvalue weighted by molar-refractivity contribution is 0.328. The second-order valence-electron chi connectivity index (χ2n) is 1.42. The largest absolute Gasteiger partial charge is 0.420 e. The van der Waals surface area contributed by atoms with Crippen molar-refractivity contribution in [3.8, 4) is 0 Å². The van der Waals surface area contributed by atoms with Gasteiger partial charge >= 0.3 is 6.01 Å². The number of hydrogen-bond donors (Lipinski definition) is 1. The number of hydrogen-bond acceptors (Lipinski definition) is 2. The van der Waals surface area contributed by atoms with Crippen LogP contribution < -0.4 is 4.67 Å². The van der Waals surface area contributed by atoms with Gasteiger partial charge in [0.15, 0.2) is 0 Å². The van der Waals surface area contributed by atoms with E-state index in [1.54, 1.807) is 8.42 Å². The third-order valence-corrected chi connectivity index (χ3v) is 1.86. The Bertz CT molecular complexity index is 178. The van der Waals surface area contributed by atoms with Gasteiger partial charge < -0.3 is 4.74 Å². The Morgan fingerprint density at radius 1 is 1.80 bits per heavy atom. The molecule has 0 aromatic rings. The third kappa shape index (κ3) is 7.72. The Labute approximate surface area is 70.1 Å². The Hall–Kier alpha value is -0.280. The van der Waals surface area contributed by atoms with Gasteiger partial charge in [-0.1, -0.05) is 6.92 Å². The Balaban J connectivity index is 3.38. The number of halogens is 1. The molecule has 0 radical (unpaired) electrons. The first kappa shape index (κ1) is 9.72. The molecule has 0 amide bonds. The minimum absolute atomic E-state index is 0.215. The molecule has 0 saturated heterocycles. The van der Waals surface area contributed by atoms with Crippen LogP contribution in [0.5, 0.6) is 0 Å². The lowest BCUT2D eigenvalue weighted by Gasteiger charge is -1.87. The Morgan fingerprint density at radius 3 is 3.20 bits per heavy atom. The van der Waals surface area contributed by atoms with E-state index >= 15 is 0 Å². The van der Waals surface area contributed by atoms with E-state index in [9.17, 15) is 0 Å². The molecule has 0 heterocycles. The first-order valence-electron chi connectivity index (χ1n) is 2.90. The highest BCUT2D eigenvalue weighted by atomic mass is 127. The highest BCUT2D eigenvalue weighted by Gasteiger charge is 1.74. The van der Waals surface area contributed by atoms with Crippen LogP contribution in [0, 0.1) is 5.41 Å². The van der Waals surface area contributed by atoms with Crippen molar-refractivity contribution >= 4 is 35.2 Å². The van der Waals surface area contributed by atoms with Crippen molar-refractivity contribution in [1.29, 1.82) is 5.41 Å². The second-order valence-corrected chi connectivity index (χ2v) is 3.21. The van der Waals surface area contributed by atoms with Gasteiger partial charge in [0.25, 0.3) is 0 Å². The molecule has 4 heteroatoms. The zero-order valence-electron chi connectivity index (χ0n) is 5.80. The fraction of sp³-hybridized carbons (Fsp3) is 0.500. The van der Waals surface area contributed by atoms with Gasteiger partial charge in [0.05, 0.1) is 10.8 Å². The maximum Gasteiger partial charge on any atom is 0.420 e. The van der Waals surface area contributed by atoms with Gasteiger partial charge in [0, 0.05) is 0 Å². The summed E-state index contributed by atoms with van der Waals surface area (Å²) >= 11 is -0.215. The van der Waals surface area contributed by atoms with Gasteiger partial charge in [-0.2, -0.15) is 4.67 Å². The van der Waals surface area contributed by atoms with Crippen LogP contribution in [0.25, 0.3) is 0 Å². The van der Waals surface area contributed by atoms with Crippen molar-refractivity contribution in [2.24, 2.45) is 0 Å². The van der Waals surface area contributed by atoms with Gasteiger partial charge in [-0.25, -0.2) is 0 Å². The first-order chi connectivity index (χ1) is 4.91. The molecule has 0 atom stereocenters. The van der Waals surface area contributed by atoms with Gasteiger partial charge in [-0.15, -0.1) is 0 Å². The fourth-order valence-corrected chi connectivity index (χ4v) is 1.17. The van der Waals surface area contributed by atoms with Crippen molar-refractivity contribution in [2.45, 2.75) is 13.3 Å². The molecule has 0 fully saturated rings. The van der Waals surface area contributed by atoms with Crippen LogP contribution in [0.1, 0.15) is 13.3 Å². The van der Waals surface area contributed by atoms with Gasteiger partial charge in [0.1, 0.15) is 0 Å². The molecule has 0 spiro atoms. The van der Waals surface area contributed by atoms with Crippen LogP contribution in [0.2, 0.25) is 0 Å². The molecule has 1 N–H and O–H groups in total. The van der Waals surface area contributed by atoms with E-state index in [-0.39, 0.29) is 20.7 Å². The molecule has 0 unspecified atom stereocenters. The summed E-state index contributed by atoms with van der Waals surface area (Å²) in [6.45, 7) is 2.84. The van der Waals surface area contributed by atoms with Crippen molar-refractivity contribution in [1.82, 2.24) is 4.67 Å². The normalized spacial score (nSPS) is 9.70. The molecule has 0 aliphatic heterocycles. The van der Waals surface area contributed by atoms with E-state index in [1.807, 2.05) is 6.01 Å². The Morgan fingerprint density at radius 2 is 2.60 bits per heavy atom. The predicted molar refractivity (Wildman–Crippen MR) is 52.3 cm³/mol. The van der Waals surface area contributed by atoms with Gasteiger partial charge in [0.2, 0.25) is 4.22 Å². The van der Waals surface area contributed by atoms with Gasteiger partial charge in [-0.05, 0) is 32.6 Å². The first-order valence-corrected chi connectivity index (χ1v) is 5.39. The summed E-state index contributed by atoms with van der Waals surface area (Å²) < 4.78 is 12.0. The lowest BCUT2D eigenvalue weighted by Crippen LogP contribution is -1.85. The van der Waals surface area contributed by atoms with Crippen LogP contribution in [-0.2, 0) is 4.74 Å². The molecular weight excluding hydrogens is 243 g/mol. The molecule has 0 bridgehead atoms. The number of rotatable bonds is 4. The standard InChI is InChI=1S/C6H10IN2O/c1-2-3-10-5-7-4-9-6-8/h4-5,8H,2-3H2,1H3/q+1. The van der Waals surface area contributed by atoms with E-state index in [0.717, 1.165) is 13.0 Å². The highest BCUT2D eigenvalue weighted by molar-refractivity contribution is 14.2. The summed E-state index contributed by atoms with van der Waals surface area (Å²) in [6.07, 6.45) is 1.04. The molecule has 0 aliphatic rings. The third-order valence-electron chi connectivity index (χ3n) is 0.606. The average Bonchev–Trinajstić information content (AvgIpc) is 1.97. The lowest BCUT2D eigenvalue weighted by atomic mass is 10.5. The van der Waals surface area contributed by atoms with E-state index in [2.05, 4.69) is 11.6 Å². The molecule has 0 saturated carbocycles.